The van der Waals surface area contributed by atoms with Crippen molar-refractivity contribution in [3.8, 4) is 0 Å². The molecule has 0 radical (unpaired) electrons. The van der Waals surface area contributed by atoms with Crippen LogP contribution in [0.3, 0.4) is 0 Å². The van der Waals surface area contributed by atoms with E-state index in [9.17, 15) is 4.79 Å². The van der Waals surface area contributed by atoms with Gasteiger partial charge in [0.25, 0.3) is 5.91 Å². The first kappa shape index (κ1) is 13.8. The van der Waals surface area contributed by atoms with E-state index in [2.05, 4.69) is 10.5 Å². The van der Waals surface area contributed by atoms with Crippen molar-refractivity contribution in [1.82, 2.24) is 0 Å². The van der Waals surface area contributed by atoms with E-state index in [0.717, 1.165) is 9.40 Å². The topological polar surface area (TPSA) is 61.7 Å². The molecule has 0 aliphatic heterocycles. The van der Waals surface area contributed by atoms with Crippen molar-refractivity contribution in [2.75, 3.05) is 5.32 Å². The van der Waals surface area contributed by atoms with Gasteiger partial charge in [-0.25, -0.2) is 0 Å². The standard InChI is InChI=1S/C15H12N2O2S2/c1-9(17-19)10-4-2-3-5-11(10)16-15(18)14-8-13-12(21-14)6-7-20-13/h2-8,19H,1H3,(H,16,18)/b17-9-. The molecule has 2 aromatic heterocycles. The second kappa shape index (κ2) is 5.67. The lowest BCUT2D eigenvalue weighted by molar-refractivity contribution is 0.103. The Morgan fingerprint density at radius 2 is 2.05 bits per heavy atom. The number of oxime groups is 1. The molecule has 6 heteroatoms. The molecule has 2 heterocycles. The van der Waals surface area contributed by atoms with Gasteiger partial charge in [-0.1, -0.05) is 23.4 Å². The number of nitrogens with zero attached hydrogens (tertiary/aromatic N) is 1. The van der Waals surface area contributed by atoms with Crippen LogP contribution < -0.4 is 5.32 Å². The number of carbonyl (C=O) groups excluding carboxylic acids is 1. The van der Waals surface area contributed by atoms with Crippen LogP contribution in [0.1, 0.15) is 22.2 Å². The zero-order valence-electron chi connectivity index (χ0n) is 11.2. The Kier molecular flexibility index (Phi) is 3.72. The molecule has 0 bridgehead atoms. The van der Waals surface area contributed by atoms with E-state index in [0.29, 0.717) is 21.8 Å². The first-order chi connectivity index (χ1) is 10.2. The minimum absolute atomic E-state index is 0.151. The molecular weight excluding hydrogens is 304 g/mol. The summed E-state index contributed by atoms with van der Waals surface area (Å²) in [6.45, 7) is 1.69. The average Bonchev–Trinajstić information content (AvgIpc) is 3.08. The van der Waals surface area contributed by atoms with Crippen molar-refractivity contribution in [1.29, 1.82) is 0 Å². The Balaban J connectivity index is 1.90. The molecule has 0 unspecified atom stereocenters. The lowest BCUT2D eigenvalue weighted by atomic mass is 10.1. The minimum Gasteiger partial charge on any atom is -0.411 e. The Hall–Kier alpha value is -2.18. The number of nitrogens with one attached hydrogen (secondary N) is 1. The minimum atomic E-state index is -0.151. The van der Waals surface area contributed by atoms with Crippen LogP contribution in [0.15, 0.2) is 46.9 Å². The van der Waals surface area contributed by atoms with Crippen LogP contribution in [0.4, 0.5) is 5.69 Å². The van der Waals surface area contributed by atoms with Crippen LogP contribution in [-0.4, -0.2) is 16.8 Å². The summed E-state index contributed by atoms with van der Waals surface area (Å²) in [5.41, 5.74) is 1.79. The molecule has 4 nitrogen and oxygen atoms in total. The second-order valence-electron chi connectivity index (χ2n) is 4.44. The lowest BCUT2D eigenvalue weighted by Crippen LogP contribution is -2.13. The van der Waals surface area contributed by atoms with Gasteiger partial charge in [0.05, 0.1) is 16.3 Å². The molecule has 0 aliphatic carbocycles. The quantitative estimate of drug-likeness (QED) is 0.427. The summed E-state index contributed by atoms with van der Waals surface area (Å²) in [6.07, 6.45) is 0. The third-order valence-corrected chi connectivity index (χ3v) is 5.17. The van der Waals surface area contributed by atoms with Gasteiger partial charge in [-0.05, 0) is 30.5 Å². The number of rotatable bonds is 3. The molecule has 3 aromatic rings. The number of thiophene rings is 2. The predicted molar refractivity (Wildman–Crippen MR) is 88.1 cm³/mol. The molecule has 0 fully saturated rings. The van der Waals surface area contributed by atoms with Crippen molar-refractivity contribution in [3.05, 3.63) is 52.2 Å². The summed E-state index contributed by atoms with van der Waals surface area (Å²) in [6, 6.07) is 11.2. The number of benzene rings is 1. The molecular formula is C15H12N2O2S2. The Labute approximate surface area is 129 Å². The monoisotopic (exact) mass is 316 g/mol. The Bertz CT molecular complexity index is 804. The lowest BCUT2D eigenvalue weighted by Gasteiger charge is -2.09. The fourth-order valence-electron chi connectivity index (χ4n) is 2.02. The Morgan fingerprint density at radius 3 is 2.81 bits per heavy atom. The van der Waals surface area contributed by atoms with Gasteiger partial charge >= 0.3 is 0 Å². The van der Waals surface area contributed by atoms with Gasteiger partial charge in [-0.3, -0.25) is 4.79 Å². The summed E-state index contributed by atoms with van der Waals surface area (Å²) in [5, 5.41) is 17.0. The highest BCUT2D eigenvalue weighted by Crippen LogP contribution is 2.30. The van der Waals surface area contributed by atoms with Crippen LogP contribution in [0.25, 0.3) is 9.40 Å². The van der Waals surface area contributed by atoms with E-state index in [4.69, 9.17) is 5.21 Å². The van der Waals surface area contributed by atoms with E-state index >= 15 is 0 Å². The van der Waals surface area contributed by atoms with Gasteiger partial charge in [0.15, 0.2) is 0 Å². The van der Waals surface area contributed by atoms with Crippen molar-refractivity contribution in [2.24, 2.45) is 5.16 Å². The SMILES string of the molecule is C/C(=N/O)c1ccccc1NC(=O)c1cc2sccc2s1. The zero-order valence-corrected chi connectivity index (χ0v) is 12.8. The zero-order chi connectivity index (χ0) is 14.8. The highest BCUT2D eigenvalue weighted by atomic mass is 32.1. The van der Waals surface area contributed by atoms with Crippen LogP contribution in [0.5, 0.6) is 0 Å². The van der Waals surface area contributed by atoms with Crippen molar-refractivity contribution in [3.63, 3.8) is 0 Å². The number of carbonyl (C=O) groups is 1. The summed E-state index contributed by atoms with van der Waals surface area (Å²) in [7, 11) is 0. The molecule has 0 saturated carbocycles. The van der Waals surface area contributed by atoms with Crippen LogP contribution >= 0.6 is 22.7 Å². The van der Waals surface area contributed by atoms with E-state index in [1.807, 2.05) is 29.6 Å². The number of hydrogen-bond acceptors (Lipinski definition) is 5. The van der Waals surface area contributed by atoms with Crippen molar-refractivity contribution >= 4 is 49.4 Å². The normalized spacial score (nSPS) is 11.8. The third kappa shape index (κ3) is 2.68. The largest absolute Gasteiger partial charge is 0.411 e. The molecule has 0 saturated heterocycles. The summed E-state index contributed by atoms with van der Waals surface area (Å²) in [5.74, 6) is -0.151. The van der Waals surface area contributed by atoms with E-state index in [1.54, 1.807) is 30.4 Å². The summed E-state index contributed by atoms with van der Waals surface area (Å²) in [4.78, 5) is 13.0. The number of amides is 1. The number of hydrogen-bond donors (Lipinski definition) is 2. The highest BCUT2D eigenvalue weighted by Gasteiger charge is 2.13. The molecule has 0 aliphatic rings. The van der Waals surface area contributed by atoms with Gasteiger partial charge in [-0.15, -0.1) is 22.7 Å². The van der Waals surface area contributed by atoms with Crippen molar-refractivity contribution in [2.45, 2.75) is 6.92 Å². The molecule has 3 rings (SSSR count). The molecule has 1 amide bonds. The Morgan fingerprint density at radius 1 is 1.24 bits per heavy atom. The van der Waals surface area contributed by atoms with Gasteiger partial charge in [0.2, 0.25) is 0 Å². The first-order valence-electron chi connectivity index (χ1n) is 6.25. The molecule has 1 aromatic carbocycles. The molecule has 0 spiro atoms. The van der Waals surface area contributed by atoms with E-state index in [1.165, 1.54) is 11.3 Å². The summed E-state index contributed by atoms with van der Waals surface area (Å²) >= 11 is 3.09. The van der Waals surface area contributed by atoms with Gasteiger partial charge < -0.3 is 10.5 Å². The van der Waals surface area contributed by atoms with Gasteiger partial charge in [0, 0.05) is 15.0 Å². The van der Waals surface area contributed by atoms with Gasteiger partial charge in [-0.2, -0.15) is 0 Å². The fraction of sp³-hybridized carbons (Fsp3) is 0.0667. The van der Waals surface area contributed by atoms with Crippen LogP contribution in [-0.2, 0) is 0 Å². The second-order valence-corrected chi connectivity index (χ2v) is 6.48. The van der Waals surface area contributed by atoms with Crippen molar-refractivity contribution < 1.29 is 10.0 Å². The smallest absolute Gasteiger partial charge is 0.265 e. The maximum Gasteiger partial charge on any atom is 0.265 e. The maximum absolute atomic E-state index is 12.3. The molecule has 21 heavy (non-hydrogen) atoms. The van der Waals surface area contributed by atoms with Crippen LogP contribution in [0.2, 0.25) is 0 Å². The summed E-state index contributed by atoms with van der Waals surface area (Å²) < 4.78 is 2.23. The fourth-order valence-corrected chi connectivity index (χ4v) is 4.03. The molecule has 106 valence electrons. The number of para-hydroxylation sites is 1. The predicted octanol–water partition coefficient (Wildman–Crippen LogP) is 4.41. The first-order valence-corrected chi connectivity index (χ1v) is 7.95. The highest BCUT2D eigenvalue weighted by molar-refractivity contribution is 7.27. The third-order valence-electron chi connectivity index (χ3n) is 3.08. The average molecular weight is 316 g/mol. The molecule has 2 N–H and O–H groups in total. The number of anilines is 1. The number of fused-ring (bicyclic) bond motifs is 1. The van der Waals surface area contributed by atoms with E-state index in [-0.39, 0.29) is 5.91 Å². The maximum atomic E-state index is 12.3. The van der Waals surface area contributed by atoms with E-state index < -0.39 is 0 Å². The van der Waals surface area contributed by atoms with Crippen LogP contribution in [0, 0.1) is 0 Å². The molecule has 0 atom stereocenters. The van der Waals surface area contributed by atoms with Gasteiger partial charge in [0.1, 0.15) is 0 Å².